The van der Waals surface area contributed by atoms with Gasteiger partial charge in [0.25, 0.3) is 0 Å². The number of rotatable bonds is 8. The fourth-order valence-electron chi connectivity index (χ4n) is 5.24. The number of aromatic nitrogens is 1. The molecule has 2 saturated heterocycles. The van der Waals surface area contributed by atoms with Crippen molar-refractivity contribution in [3.8, 4) is 0 Å². The van der Waals surface area contributed by atoms with Crippen molar-refractivity contribution in [3.05, 3.63) is 65.0 Å². The molecule has 31 heavy (non-hydrogen) atoms. The molecule has 2 fully saturated rings. The van der Waals surface area contributed by atoms with Crippen LogP contribution in [0.1, 0.15) is 47.9 Å². The summed E-state index contributed by atoms with van der Waals surface area (Å²) in [5.74, 6) is 1.59. The Balaban J connectivity index is 1.20. The molecule has 4 rings (SSSR count). The molecule has 5 nitrogen and oxygen atoms in total. The van der Waals surface area contributed by atoms with Crippen LogP contribution in [0.4, 0.5) is 0 Å². The molecule has 2 aliphatic rings. The van der Waals surface area contributed by atoms with Crippen LogP contribution in [0.3, 0.4) is 0 Å². The summed E-state index contributed by atoms with van der Waals surface area (Å²) in [6.45, 7) is 9.23. The van der Waals surface area contributed by atoms with Gasteiger partial charge >= 0.3 is 0 Å². The molecule has 166 valence electrons. The van der Waals surface area contributed by atoms with E-state index in [4.69, 9.17) is 0 Å². The molecule has 3 heterocycles. The monoisotopic (exact) mass is 420 g/mol. The van der Waals surface area contributed by atoms with E-state index in [2.05, 4.69) is 58.6 Å². The predicted molar refractivity (Wildman–Crippen MR) is 125 cm³/mol. The minimum Gasteiger partial charge on any atom is -0.352 e. The second kappa shape index (κ2) is 10.4. The highest BCUT2D eigenvalue weighted by atomic mass is 16.1. The zero-order valence-electron chi connectivity index (χ0n) is 18.9. The van der Waals surface area contributed by atoms with Gasteiger partial charge < -0.3 is 10.6 Å². The van der Waals surface area contributed by atoms with E-state index in [1.165, 1.54) is 35.2 Å². The lowest BCUT2D eigenvalue weighted by Gasteiger charge is -2.46. The number of pyridine rings is 1. The van der Waals surface area contributed by atoms with E-state index in [-0.39, 0.29) is 5.91 Å². The number of hydrogen-bond donors (Lipinski definition) is 2. The zero-order chi connectivity index (χ0) is 21.6. The van der Waals surface area contributed by atoms with Crippen molar-refractivity contribution in [2.45, 2.75) is 58.7 Å². The first-order valence-corrected chi connectivity index (χ1v) is 11.7. The molecule has 2 aliphatic heterocycles. The quantitative estimate of drug-likeness (QED) is 0.685. The van der Waals surface area contributed by atoms with Gasteiger partial charge in [0.2, 0.25) is 5.91 Å². The Kier molecular flexibility index (Phi) is 7.36. The lowest BCUT2D eigenvalue weighted by molar-refractivity contribution is -0.121. The Morgan fingerprint density at radius 1 is 1.26 bits per heavy atom. The van der Waals surface area contributed by atoms with Crippen LogP contribution in [-0.2, 0) is 17.9 Å². The Hall–Kier alpha value is -2.24. The normalized spacial score (nSPS) is 23.5. The van der Waals surface area contributed by atoms with Crippen molar-refractivity contribution in [1.82, 2.24) is 20.5 Å². The van der Waals surface area contributed by atoms with Crippen LogP contribution in [0.5, 0.6) is 0 Å². The summed E-state index contributed by atoms with van der Waals surface area (Å²) in [5.41, 5.74) is 4.98. The predicted octanol–water partition coefficient (Wildman–Crippen LogP) is 3.60. The number of fused-ring (bicyclic) bond motifs is 2. The molecule has 5 heteroatoms. The van der Waals surface area contributed by atoms with Crippen LogP contribution in [0, 0.1) is 25.7 Å². The average Bonchev–Trinajstić information content (AvgIpc) is 2.76. The van der Waals surface area contributed by atoms with E-state index in [1.807, 2.05) is 18.5 Å². The Labute approximate surface area is 186 Å². The fourth-order valence-corrected chi connectivity index (χ4v) is 5.24. The third-order valence-corrected chi connectivity index (χ3v) is 6.91. The minimum absolute atomic E-state index is 0.163. The number of nitrogens with one attached hydrogen (secondary N) is 2. The van der Waals surface area contributed by atoms with Crippen LogP contribution in [0.2, 0.25) is 0 Å². The summed E-state index contributed by atoms with van der Waals surface area (Å²) in [6, 6.07) is 11.1. The first-order chi connectivity index (χ1) is 15.1. The number of nitrogens with zero attached hydrogens (tertiary/aromatic N) is 2. The third-order valence-electron chi connectivity index (χ3n) is 6.91. The molecular weight excluding hydrogens is 384 g/mol. The van der Waals surface area contributed by atoms with Gasteiger partial charge in [-0.1, -0.05) is 29.8 Å². The van der Waals surface area contributed by atoms with E-state index in [0.717, 1.165) is 38.4 Å². The number of benzene rings is 1. The van der Waals surface area contributed by atoms with Crippen molar-refractivity contribution in [2.24, 2.45) is 11.8 Å². The maximum atomic E-state index is 12.4. The zero-order valence-corrected chi connectivity index (χ0v) is 18.9. The number of carbonyl (C=O) groups is 1. The van der Waals surface area contributed by atoms with Crippen molar-refractivity contribution in [3.63, 3.8) is 0 Å². The minimum atomic E-state index is 0.163. The van der Waals surface area contributed by atoms with Gasteiger partial charge in [-0.25, -0.2) is 0 Å². The fraction of sp³-hybridized carbons (Fsp3) is 0.538. The molecule has 2 bridgehead atoms. The van der Waals surface area contributed by atoms with Gasteiger partial charge in [-0.3, -0.25) is 14.7 Å². The van der Waals surface area contributed by atoms with Crippen molar-refractivity contribution >= 4 is 5.91 Å². The first kappa shape index (κ1) is 22.0. The maximum absolute atomic E-state index is 12.4. The number of likely N-dealkylation sites (tertiary alicyclic amines) is 1. The van der Waals surface area contributed by atoms with Gasteiger partial charge in [-0.15, -0.1) is 0 Å². The molecule has 2 N–H and O–H groups in total. The summed E-state index contributed by atoms with van der Waals surface area (Å²) in [6.07, 6.45) is 7.78. The van der Waals surface area contributed by atoms with Crippen molar-refractivity contribution in [1.29, 1.82) is 0 Å². The molecule has 0 saturated carbocycles. The van der Waals surface area contributed by atoms with E-state index in [0.29, 0.717) is 24.9 Å². The van der Waals surface area contributed by atoms with Gasteiger partial charge in [0.15, 0.2) is 0 Å². The molecule has 3 atom stereocenters. The molecule has 0 unspecified atom stereocenters. The largest absolute Gasteiger partial charge is 0.352 e. The average molecular weight is 421 g/mol. The molecular formula is C26H36N4O. The van der Waals surface area contributed by atoms with Crippen LogP contribution >= 0.6 is 0 Å². The van der Waals surface area contributed by atoms with Gasteiger partial charge in [0.05, 0.1) is 0 Å². The molecule has 1 aromatic heterocycles. The van der Waals surface area contributed by atoms with E-state index < -0.39 is 0 Å². The smallest absolute Gasteiger partial charge is 0.220 e. The third kappa shape index (κ3) is 6.14. The lowest BCUT2D eigenvalue weighted by Crippen LogP contribution is -2.55. The molecule has 0 spiro atoms. The maximum Gasteiger partial charge on any atom is 0.220 e. The summed E-state index contributed by atoms with van der Waals surface area (Å²) >= 11 is 0. The van der Waals surface area contributed by atoms with Gasteiger partial charge in [0.1, 0.15) is 0 Å². The number of carbonyl (C=O) groups excluding carboxylic acids is 1. The molecule has 1 amide bonds. The van der Waals surface area contributed by atoms with E-state index in [1.54, 1.807) is 0 Å². The Bertz CT molecular complexity index is 869. The van der Waals surface area contributed by atoms with E-state index >= 15 is 0 Å². The Morgan fingerprint density at radius 3 is 3.00 bits per heavy atom. The van der Waals surface area contributed by atoms with Crippen molar-refractivity contribution < 1.29 is 4.79 Å². The van der Waals surface area contributed by atoms with Gasteiger partial charge in [-0.05, 0) is 74.2 Å². The molecule has 0 radical (unpaired) electrons. The highest BCUT2D eigenvalue weighted by molar-refractivity contribution is 5.75. The summed E-state index contributed by atoms with van der Waals surface area (Å²) < 4.78 is 0. The van der Waals surface area contributed by atoms with Crippen LogP contribution < -0.4 is 10.6 Å². The number of aryl methyl sites for hydroxylation is 2. The van der Waals surface area contributed by atoms with Gasteiger partial charge in [0, 0.05) is 51.0 Å². The lowest BCUT2D eigenvalue weighted by atomic mass is 9.79. The second-order valence-electron chi connectivity index (χ2n) is 9.53. The molecule has 2 aromatic rings. The van der Waals surface area contributed by atoms with Crippen LogP contribution in [-0.4, -0.2) is 41.5 Å². The number of amides is 1. The first-order valence-electron chi connectivity index (χ1n) is 11.7. The highest BCUT2D eigenvalue weighted by Crippen LogP contribution is 2.31. The van der Waals surface area contributed by atoms with Crippen molar-refractivity contribution in [2.75, 3.05) is 19.6 Å². The van der Waals surface area contributed by atoms with Crippen LogP contribution in [0.15, 0.2) is 42.7 Å². The van der Waals surface area contributed by atoms with Gasteiger partial charge in [-0.2, -0.15) is 0 Å². The second-order valence-corrected chi connectivity index (χ2v) is 9.53. The summed E-state index contributed by atoms with van der Waals surface area (Å²) in [4.78, 5) is 19.2. The molecule has 1 aromatic carbocycles. The highest BCUT2D eigenvalue weighted by Gasteiger charge is 2.36. The summed E-state index contributed by atoms with van der Waals surface area (Å²) in [5, 5.41) is 6.89. The van der Waals surface area contributed by atoms with E-state index in [9.17, 15) is 4.79 Å². The Morgan fingerprint density at radius 2 is 2.16 bits per heavy atom. The molecule has 0 aliphatic carbocycles. The summed E-state index contributed by atoms with van der Waals surface area (Å²) in [7, 11) is 0. The van der Waals surface area contributed by atoms with Crippen LogP contribution in [0.25, 0.3) is 0 Å². The topological polar surface area (TPSA) is 57.3 Å². The SMILES string of the molecule is Cc1ccc(C)c(CNC(=O)CCC[C@H]2NC[C@@H]3C[C@H]2CN(Cc2cccnc2)C3)c1. The standard InChI is InChI=1S/C26H36N4O/c1-19-8-9-20(2)23(11-19)15-29-26(31)7-3-6-25-24-12-22(14-28-25)17-30(18-24)16-21-5-4-10-27-13-21/h4-5,8-11,13,22,24-25,28H,3,6-7,12,14-18H2,1-2H3,(H,29,31)/t22-,24-,25+/m0/s1. The number of piperidine rings is 2. The number of hydrogen-bond acceptors (Lipinski definition) is 4.